The zero-order valence-corrected chi connectivity index (χ0v) is 25.3. The molecule has 1 heterocycles. The van der Waals surface area contributed by atoms with E-state index in [1.165, 1.54) is 0 Å². The molecule has 11 heteroatoms. The van der Waals surface area contributed by atoms with Gasteiger partial charge in [0.1, 0.15) is 17.2 Å². The first kappa shape index (κ1) is 30.2. The van der Waals surface area contributed by atoms with Gasteiger partial charge < -0.3 is 29.4 Å². The summed E-state index contributed by atoms with van der Waals surface area (Å²) in [6, 6.07) is 29.2. The van der Waals surface area contributed by atoms with Crippen LogP contribution in [0.2, 0.25) is 0 Å². The highest BCUT2D eigenvalue weighted by atomic mass is 32.2. The van der Waals surface area contributed by atoms with Crippen molar-refractivity contribution in [3.8, 4) is 28.6 Å². The number of carbonyl (C=O) groups excluding carboxylic acids is 2. The molecule has 0 atom stereocenters. The van der Waals surface area contributed by atoms with E-state index in [1.807, 2.05) is 66.2 Å². The third-order valence-corrected chi connectivity index (χ3v) is 7.71. The highest BCUT2D eigenvalue weighted by Gasteiger charge is 2.14. The average molecular weight is 610 g/mol. The van der Waals surface area contributed by atoms with Crippen LogP contribution in [0.3, 0.4) is 0 Å². The van der Waals surface area contributed by atoms with Gasteiger partial charge in [0.2, 0.25) is 0 Å². The number of ether oxygens (including phenoxy) is 3. The fourth-order valence-corrected chi connectivity index (χ4v) is 5.13. The van der Waals surface area contributed by atoms with Crippen molar-refractivity contribution in [1.82, 2.24) is 14.8 Å². The number of nitrogens with zero attached hydrogens (tertiary/aromatic N) is 3. The maximum Gasteiger partial charge on any atom is 0.262 e. The number of anilines is 2. The van der Waals surface area contributed by atoms with Crippen LogP contribution >= 0.6 is 11.8 Å². The second kappa shape index (κ2) is 14.3. The Morgan fingerprint density at radius 3 is 2.27 bits per heavy atom. The van der Waals surface area contributed by atoms with Gasteiger partial charge in [-0.05, 0) is 66.2 Å². The van der Waals surface area contributed by atoms with Crippen molar-refractivity contribution in [2.24, 2.45) is 7.05 Å². The Morgan fingerprint density at radius 2 is 1.57 bits per heavy atom. The number of carbonyl (C=O) groups is 2. The molecule has 0 saturated carbocycles. The maximum atomic E-state index is 12.9. The molecule has 5 aromatic rings. The smallest absolute Gasteiger partial charge is 0.262 e. The van der Waals surface area contributed by atoms with E-state index in [1.54, 1.807) is 68.4 Å². The van der Waals surface area contributed by atoms with Crippen LogP contribution in [-0.2, 0) is 17.6 Å². The Bertz CT molecular complexity index is 1720. The van der Waals surface area contributed by atoms with Gasteiger partial charge in [-0.15, -0.1) is 10.2 Å². The number of para-hydroxylation sites is 1. The molecule has 10 nitrogen and oxygen atoms in total. The minimum atomic E-state index is -0.250. The zero-order valence-electron chi connectivity index (χ0n) is 24.4. The highest BCUT2D eigenvalue weighted by molar-refractivity contribution is 7.98. The number of aromatic nitrogens is 3. The van der Waals surface area contributed by atoms with E-state index in [0.717, 1.165) is 16.3 Å². The molecule has 2 amide bonds. The van der Waals surface area contributed by atoms with E-state index < -0.39 is 0 Å². The molecular weight excluding hydrogens is 578 g/mol. The standard InChI is InChI=1S/C33H31N5O5S/c1-38-31(23-13-15-25(16-14-23)34-30(39)20-43-26-7-5-4-6-8-26)36-37-33(38)44-21-22-9-11-24(12-10-22)32(40)35-28-19-27(41-2)17-18-29(28)42-3/h4-19H,20-21H2,1-3H3,(H,34,39)(H,35,40). The number of thioether (sulfide) groups is 1. The van der Waals surface area contributed by atoms with Gasteiger partial charge in [0.15, 0.2) is 17.6 Å². The van der Waals surface area contributed by atoms with Crippen LogP contribution in [0.1, 0.15) is 15.9 Å². The van der Waals surface area contributed by atoms with E-state index in [-0.39, 0.29) is 18.4 Å². The van der Waals surface area contributed by atoms with Crippen LogP contribution in [-0.4, -0.2) is 47.4 Å². The van der Waals surface area contributed by atoms with Crippen molar-refractivity contribution < 1.29 is 23.8 Å². The fraction of sp³-hybridized carbons (Fsp3) is 0.152. The summed E-state index contributed by atoms with van der Waals surface area (Å²) >= 11 is 1.54. The Balaban J connectivity index is 1.14. The molecule has 0 bridgehead atoms. The van der Waals surface area contributed by atoms with Crippen molar-refractivity contribution in [2.45, 2.75) is 10.9 Å². The van der Waals surface area contributed by atoms with Crippen molar-refractivity contribution in [3.63, 3.8) is 0 Å². The monoisotopic (exact) mass is 609 g/mol. The summed E-state index contributed by atoms with van der Waals surface area (Å²) in [5.41, 5.74) is 3.61. The van der Waals surface area contributed by atoms with Gasteiger partial charge >= 0.3 is 0 Å². The molecule has 0 spiro atoms. The van der Waals surface area contributed by atoms with Gasteiger partial charge in [-0.25, -0.2) is 0 Å². The molecule has 0 unspecified atom stereocenters. The Morgan fingerprint density at radius 1 is 0.818 bits per heavy atom. The van der Waals surface area contributed by atoms with Gasteiger partial charge in [-0.2, -0.15) is 0 Å². The predicted molar refractivity (Wildman–Crippen MR) is 171 cm³/mol. The molecular formula is C33H31N5O5S. The van der Waals surface area contributed by atoms with Gasteiger partial charge in [-0.3, -0.25) is 9.59 Å². The average Bonchev–Trinajstić information content (AvgIpc) is 3.43. The van der Waals surface area contributed by atoms with Crippen molar-refractivity contribution in [1.29, 1.82) is 0 Å². The molecule has 1 aromatic heterocycles. The predicted octanol–water partition coefficient (Wildman–Crippen LogP) is 6.06. The Hall–Kier alpha value is -5.29. The van der Waals surface area contributed by atoms with Crippen LogP contribution in [0.5, 0.6) is 17.2 Å². The van der Waals surface area contributed by atoms with E-state index >= 15 is 0 Å². The van der Waals surface area contributed by atoms with E-state index in [2.05, 4.69) is 20.8 Å². The summed E-state index contributed by atoms with van der Waals surface area (Å²) in [4.78, 5) is 25.1. The normalized spacial score (nSPS) is 10.6. The number of hydrogen-bond donors (Lipinski definition) is 2. The molecule has 4 aromatic carbocycles. The number of amides is 2. The molecule has 0 radical (unpaired) electrons. The lowest BCUT2D eigenvalue weighted by Crippen LogP contribution is -2.20. The maximum absolute atomic E-state index is 12.9. The number of hydrogen-bond acceptors (Lipinski definition) is 8. The molecule has 0 saturated heterocycles. The van der Waals surface area contributed by atoms with Crippen molar-refractivity contribution in [2.75, 3.05) is 31.5 Å². The molecule has 0 aliphatic rings. The minimum absolute atomic E-state index is 0.0793. The topological polar surface area (TPSA) is 117 Å². The number of rotatable bonds is 12. The molecule has 5 rings (SSSR count). The number of methoxy groups -OCH3 is 2. The first-order valence-corrected chi connectivity index (χ1v) is 14.6. The number of nitrogens with one attached hydrogen (secondary N) is 2. The van der Waals surface area contributed by atoms with Crippen LogP contribution in [0.4, 0.5) is 11.4 Å². The van der Waals surface area contributed by atoms with Gasteiger partial charge in [0, 0.05) is 35.7 Å². The van der Waals surface area contributed by atoms with E-state index in [9.17, 15) is 9.59 Å². The fourth-order valence-electron chi connectivity index (χ4n) is 4.26. The lowest BCUT2D eigenvalue weighted by molar-refractivity contribution is -0.118. The van der Waals surface area contributed by atoms with E-state index in [4.69, 9.17) is 14.2 Å². The minimum Gasteiger partial charge on any atom is -0.497 e. The Labute approximate surface area is 259 Å². The van der Waals surface area contributed by atoms with Crippen LogP contribution in [0, 0.1) is 0 Å². The largest absolute Gasteiger partial charge is 0.497 e. The van der Waals surface area contributed by atoms with E-state index in [0.29, 0.717) is 45.8 Å². The molecule has 2 N–H and O–H groups in total. The van der Waals surface area contributed by atoms with Gasteiger partial charge in [-0.1, -0.05) is 42.1 Å². The summed E-state index contributed by atoms with van der Waals surface area (Å²) in [5.74, 6) is 2.66. The first-order chi connectivity index (χ1) is 21.4. The molecule has 0 fully saturated rings. The van der Waals surface area contributed by atoms with Crippen LogP contribution in [0.25, 0.3) is 11.4 Å². The summed E-state index contributed by atoms with van der Waals surface area (Å²) < 4.78 is 18.0. The highest BCUT2D eigenvalue weighted by Crippen LogP contribution is 2.30. The van der Waals surface area contributed by atoms with Crippen LogP contribution in [0.15, 0.2) is 102 Å². The van der Waals surface area contributed by atoms with Crippen molar-refractivity contribution in [3.05, 3.63) is 108 Å². The third kappa shape index (κ3) is 7.56. The molecule has 224 valence electrons. The SMILES string of the molecule is COc1ccc(OC)c(NC(=O)c2ccc(CSc3nnc(-c4ccc(NC(=O)COc5ccccc5)cc4)n3C)cc2)c1. The molecule has 44 heavy (non-hydrogen) atoms. The third-order valence-electron chi connectivity index (χ3n) is 6.61. The Kier molecular flexibility index (Phi) is 9.78. The van der Waals surface area contributed by atoms with Crippen molar-refractivity contribution >= 4 is 35.0 Å². The second-order valence-electron chi connectivity index (χ2n) is 9.60. The number of benzene rings is 4. The lowest BCUT2D eigenvalue weighted by Gasteiger charge is -2.12. The quantitative estimate of drug-likeness (QED) is 0.164. The summed E-state index contributed by atoms with van der Waals surface area (Å²) in [6.07, 6.45) is 0. The first-order valence-electron chi connectivity index (χ1n) is 13.7. The van der Waals surface area contributed by atoms with Gasteiger partial charge in [0.25, 0.3) is 11.8 Å². The summed E-state index contributed by atoms with van der Waals surface area (Å²) in [7, 11) is 5.03. The lowest BCUT2D eigenvalue weighted by atomic mass is 10.1. The summed E-state index contributed by atoms with van der Waals surface area (Å²) in [5, 5.41) is 15.2. The zero-order chi connectivity index (χ0) is 30.9. The van der Waals surface area contributed by atoms with Gasteiger partial charge in [0.05, 0.1) is 19.9 Å². The second-order valence-corrected chi connectivity index (χ2v) is 10.5. The molecule has 0 aliphatic carbocycles. The summed E-state index contributed by atoms with van der Waals surface area (Å²) in [6.45, 7) is -0.0793. The molecule has 0 aliphatic heterocycles. The van der Waals surface area contributed by atoms with Crippen LogP contribution < -0.4 is 24.8 Å².